The van der Waals surface area contributed by atoms with Crippen LogP contribution in [0.1, 0.15) is 10.4 Å². The van der Waals surface area contributed by atoms with Gasteiger partial charge in [0.05, 0.1) is 11.5 Å². The number of anilines is 1. The van der Waals surface area contributed by atoms with Crippen LogP contribution in [0.25, 0.3) is 0 Å². The van der Waals surface area contributed by atoms with Crippen molar-refractivity contribution in [2.24, 2.45) is 0 Å². The number of rotatable bonds is 4. The van der Waals surface area contributed by atoms with Crippen LogP contribution in [0.15, 0.2) is 29.8 Å². The molecule has 18 heavy (non-hydrogen) atoms. The topological polar surface area (TPSA) is 91.8 Å². The number of nitrogens with one attached hydrogen (secondary N) is 1. The van der Waals surface area contributed by atoms with Crippen LogP contribution >= 0.6 is 11.3 Å². The molecule has 0 unspecified atom stereocenters. The highest BCUT2D eigenvalue weighted by Crippen LogP contribution is 2.26. The van der Waals surface area contributed by atoms with Gasteiger partial charge in [0, 0.05) is 11.1 Å². The Morgan fingerprint density at radius 1 is 1.56 bits per heavy atom. The Hall–Kier alpha value is -2.46. The summed E-state index contributed by atoms with van der Waals surface area (Å²) < 4.78 is 0. The Kier molecular flexibility index (Phi) is 3.50. The van der Waals surface area contributed by atoms with Crippen molar-refractivity contribution in [3.63, 3.8) is 0 Å². The fourth-order valence-electron chi connectivity index (χ4n) is 1.44. The van der Waals surface area contributed by atoms with Gasteiger partial charge >= 0.3 is 5.69 Å². The van der Waals surface area contributed by atoms with Gasteiger partial charge in [-0.2, -0.15) is 5.26 Å². The molecule has 0 fully saturated rings. The van der Waals surface area contributed by atoms with Gasteiger partial charge in [0.2, 0.25) is 5.82 Å². The lowest BCUT2D eigenvalue weighted by atomic mass is 10.2. The Labute approximate surface area is 107 Å². The van der Waals surface area contributed by atoms with Crippen LogP contribution in [0, 0.1) is 21.4 Å². The average molecular weight is 260 g/mol. The lowest BCUT2D eigenvalue weighted by molar-refractivity contribution is -0.384. The van der Waals surface area contributed by atoms with Crippen molar-refractivity contribution in [2.45, 2.75) is 6.54 Å². The third-order valence-corrected chi connectivity index (χ3v) is 3.11. The summed E-state index contributed by atoms with van der Waals surface area (Å²) in [5.74, 6) is 0.118. The summed E-state index contributed by atoms with van der Waals surface area (Å²) in [5, 5.41) is 24.6. The molecule has 0 radical (unpaired) electrons. The second kappa shape index (κ2) is 5.25. The van der Waals surface area contributed by atoms with E-state index in [4.69, 9.17) is 5.26 Å². The first-order valence-electron chi connectivity index (χ1n) is 5.02. The van der Waals surface area contributed by atoms with E-state index < -0.39 is 4.92 Å². The summed E-state index contributed by atoms with van der Waals surface area (Å²) in [4.78, 5) is 15.3. The molecule has 0 aliphatic heterocycles. The molecule has 0 bridgehead atoms. The molecular weight excluding hydrogens is 252 g/mol. The van der Waals surface area contributed by atoms with Gasteiger partial charge < -0.3 is 5.32 Å². The van der Waals surface area contributed by atoms with Crippen LogP contribution in [0.5, 0.6) is 0 Å². The van der Waals surface area contributed by atoms with E-state index in [0.29, 0.717) is 6.54 Å². The molecule has 0 amide bonds. The second-order valence-corrected chi connectivity index (χ2v) is 4.39. The summed E-state index contributed by atoms with van der Waals surface area (Å²) in [6.07, 6.45) is 1.38. The van der Waals surface area contributed by atoms with Crippen molar-refractivity contribution in [3.8, 4) is 6.07 Å². The number of aromatic nitrogens is 1. The first-order valence-corrected chi connectivity index (χ1v) is 5.90. The minimum Gasteiger partial charge on any atom is -0.359 e. The Bertz CT molecular complexity index is 604. The molecule has 0 aliphatic rings. The zero-order chi connectivity index (χ0) is 13.0. The maximum atomic E-state index is 10.9. The standard InChI is InChI=1S/C11H8N4O2S/c12-6-8-3-4-13-11(10(8)15(16)17)14-7-9-2-1-5-18-9/h1-5H,7H2,(H,13,14). The predicted octanol–water partition coefficient (Wildman–Crippen LogP) is 2.54. The van der Waals surface area contributed by atoms with Gasteiger partial charge in [-0.05, 0) is 17.5 Å². The summed E-state index contributed by atoms with van der Waals surface area (Å²) in [6.45, 7) is 0.445. The summed E-state index contributed by atoms with van der Waals surface area (Å²) >= 11 is 1.54. The summed E-state index contributed by atoms with van der Waals surface area (Å²) in [6, 6.07) is 6.93. The van der Waals surface area contributed by atoms with Gasteiger partial charge in [-0.25, -0.2) is 4.98 Å². The van der Waals surface area contributed by atoms with E-state index in [2.05, 4.69) is 10.3 Å². The SMILES string of the molecule is N#Cc1ccnc(NCc2cccs2)c1[N+](=O)[O-]. The van der Waals surface area contributed by atoms with E-state index >= 15 is 0 Å². The molecule has 1 N–H and O–H groups in total. The van der Waals surface area contributed by atoms with E-state index in [1.165, 1.54) is 12.3 Å². The van der Waals surface area contributed by atoms with E-state index in [9.17, 15) is 10.1 Å². The molecule has 90 valence electrons. The molecular formula is C11H8N4O2S. The van der Waals surface area contributed by atoms with Crippen LogP contribution in [-0.4, -0.2) is 9.91 Å². The van der Waals surface area contributed by atoms with Crippen molar-refractivity contribution >= 4 is 22.8 Å². The van der Waals surface area contributed by atoms with Gasteiger partial charge in [-0.15, -0.1) is 11.3 Å². The molecule has 6 nitrogen and oxygen atoms in total. The van der Waals surface area contributed by atoms with Crippen molar-refractivity contribution in [2.75, 3.05) is 5.32 Å². The zero-order valence-electron chi connectivity index (χ0n) is 9.16. The molecule has 0 saturated heterocycles. The maximum Gasteiger partial charge on any atom is 0.328 e. The largest absolute Gasteiger partial charge is 0.359 e. The van der Waals surface area contributed by atoms with Gasteiger partial charge in [-0.3, -0.25) is 10.1 Å². The van der Waals surface area contributed by atoms with Gasteiger partial charge in [0.25, 0.3) is 0 Å². The molecule has 0 spiro atoms. The third kappa shape index (κ3) is 2.44. The highest BCUT2D eigenvalue weighted by atomic mass is 32.1. The van der Waals surface area contributed by atoms with Crippen LogP contribution in [0.2, 0.25) is 0 Å². The number of thiophene rings is 1. The van der Waals surface area contributed by atoms with Crippen LogP contribution in [0.4, 0.5) is 11.5 Å². The maximum absolute atomic E-state index is 10.9. The van der Waals surface area contributed by atoms with E-state index in [0.717, 1.165) is 4.88 Å². The molecule has 0 aliphatic carbocycles. The quantitative estimate of drug-likeness (QED) is 0.673. The van der Waals surface area contributed by atoms with E-state index in [-0.39, 0.29) is 17.1 Å². The molecule has 0 saturated carbocycles. The van der Waals surface area contributed by atoms with Gasteiger partial charge in [0.1, 0.15) is 11.6 Å². The fraction of sp³-hybridized carbons (Fsp3) is 0.0909. The minimum atomic E-state index is -0.595. The minimum absolute atomic E-state index is 0.00341. The van der Waals surface area contributed by atoms with Crippen molar-refractivity contribution < 1.29 is 4.92 Å². The van der Waals surface area contributed by atoms with E-state index in [1.807, 2.05) is 17.5 Å². The summed E-state index contributed by atoms with van der Waals surface area (Å²) in [5.41, 5.74) is -0.278. The smallest absolute Gasteiger partial charge is 0.328 e. The second-order valence-electron chi connectivity index (χ2n) is 3.36. The number of nitriles is 1. The highest BCUT2D eigenvalue weighted by Gasteiger charge is 2.20. The van der Waals surface area contributed by atoms with Crippen LogP contribution in [-0.2, 0) is 6.54 Å². The van der Waals surface area contributed by atoms with Gasteiger partial charge in [-0.1, -0.05) is 6.07 Å². The van der Waals surface area contributed by atoms with Crippen molar-refractivity contribution in [1.29, 1.82) is 5.26 Å². The Morgan fingerprint density at radius 3 is 3.00 bits per heavy atom. The molecule has 2 rings (SSSR count). The lowest BCUT2D eigenvalue weighted by Crippen LogP contribution is -2.05. The number of hydrogen-bond acceptors (Lipinski definition) is 6. The average Bonchev–Trinajstić information content (AvgIpc) is 2.88. The fourth-order valence-corrected chi connectivity index (χ4v) is 2.09. The monoisotopic (exact) mass is 260 g/mol. The number of nitro groups is 1. The van der Waals surface area contributed by atoms with Crippen LogP contribution in [0.3, 0.4) is 0 Å². The highest BCUT2D eigenvalue weighted by molar-refractivity contribution is 7.09. The first kappa shape index (κ1) is 12.0. The van der Waals surface area contributed by atoms with E-state index in [1.54, 1.807) is 17.4 Å². The number of hydrogen-bond donors (Lipinski definition) is 1. The van der Waals surface area contributed by atoms with Crippen molar-refractivity contribution in [1.82, 2.24) is 4.98 Å². The molecule has 0 aromatic carbocycles. The Balaban J connectivity index is 2.27. The van der Waals surface area contributed by atoms with Crippen molar-refractivity contribution in [3.05, 3.63) is 50.3 Å². The third-order valence-electron chi connectivity index (χ3n) is 2.24. The first-order chi connectivity index (χ1) is 8.72. The van der Waals surface area contributed by atoms with Crippen LogP contribution < -0.4 is 5.32 Å². The summed E-state index contributed by atoms with van der Waals surface area (Å²) in [7, 11) is 0. The number of nitrogens with zero attached hydrogens (tertiary/aromatic N) is 3. The molecule has 2 heterocycles. The lowest BCUT2D eigenvalue weighted by Gasteiger charge is -2.05. The predicted molar refractivity (Wildman–Crippen MR) is 67.3 cm³/mol. The normalized spacial score (nSPS) is 9.72. The molecule has 2 aromatic heterocycles. The molecule has 7 heteroatoms. The van der Waals surface area contributed by atoms with Gasteiger partial charge in [0.15, 0.2) is 0 Å². The number of pyridine rings is 1. The molecule has 2 aromatic rings. The zero-order valence-corrected chi connectivity index (χ0v) is 9.98. The molecule has 0 atom stereocenters. The Morgan fingerprint density at radius 2 is 2.39 bits per heavy atom.